The van der Waals surface area contributed by atoms with Crippen LogP contribution in [0.15, 0.2) is 30.3 Å². The van der Waals surface area contributed by atoms with Gasteiger partial charge in [0.25, 0.3) is 0 Å². The second kappa shape index (κ2) is 7.53. The molecule has 5 heteroatoms. The summed E-state index contributed by atoms with van der Waals surface area (Å²) < 4.78 is 5.13. The number of carbonyl (C=O) groups is 2. The Morgan fingerprint density at radius 2 is 1.85 bits per heavy atom. The van der Waals surface area contributed by atoms with E-state index in [1.807, 2.05) is 44.2 Å². The second-order valence-corrected chi connectivity index (χ2v) is 5.13. The Morgan fingerprint density at radius 3 is 2.35 bits per heavy atom. The fourth-order valence-corrected chi connectivity index (χ4v) is 1.82. The van der Waals surface area contributed by atoms with Crippen LogP contribution in [0.5, 0.6) is 0 Å². The van der Waals surface area contributed by atoms with Crippen molar-refractivity contribution in [2.45, 2.75) is 32.9 Å². The van der Waals surface area contributed by atoms with Crippen LogP contribution in [0, 0.1) is 5.92 Å². The second-order valence-electron chi connectivity index (χ2n) is 5.13. The third-order valence-electron chi connectivity index (χ3n) is 2.94. The van der Waals surface area contributed by atoms with Gasteiger partial charge in [-0.15, -0.1) is 0 Å². The van der Waals surface area contributed by atoms with Crippen LogP contribution in [-0.2, 0) is 16.1 Å². The number of benzene rings is 1. The highest BCUT2D eigenvalue weighted by Gasteiger charge is 2.28. The molecule has 0 aliphatic carbocycles. The summed E-state index contributed by atoms with van der Waals surface area (Å²) in [6.07, 6.45) is -0.228. The number of rotatable bonds is 6. The van der Waals surface area contributed by atoms with Crippen LogP contribution in [0.3, 0.4) is 0 Å². The number of ether oxygens (including phenoxy) is 1. The van der Waals surface area contributed by atoms with Gasteiger partial charge in [0, 0.05) is 7.05 Å². The third-order valence-corrected chi connectivity index (χ3v) is 2.94. The molecule has 0 bridgehead atoms. The molecule has 0 saturated carbocycles. The standard InChI is InChI=1S/C15H21NO4/c1-11(2)9-13(14(17)18)16(3)15(19)20-10-12-7-5-4-6-8-12/h4-8,11,13H,9-10H2,1-3H3,(H,17,18). The van der Waals surface area contributed by atoms with E-state index in [1.54, 1.807) is 0 Å². The van der Waals surface area contributed by atoms with Crippen molar-refractivity contribution in [2.75, 3.05) is 7.05 Å². The molecule has 0 fully saturated rings. The van der Waals surface area contributed by atoms with Crippen molar-refractivity contribution >= 4 is 12.1 Å². The van der Waals surface area contributed by atoms with Crippen molar-refractivity contribution in [1.82, 2.24) is 4.90 Å². The molecule has 1 atom stereocenters. The van der Waals surface area contributed by atoms with Crippen molar-refractivity contribution in [3.8, 4) is 0 Å². The number of carbonyl (C=O) groups excluding carboxylic acids is 1. The van der Waals surface area contributed by atoms with E-state index in [2.05, 4.69) is 0 Å². The van der Waals surface area contributed by atoms with Gasteiger partial charge >= 0.3 is 12.1 Å². The molecule has 0 aromatic heterocycles. The van der Waals surface area contributed by atoms with Crippen molar-refractivity contribution in [2.24, 2.45) is 5.92 Å². The average Bonchev–Trinajstić information content (AvgIpc) is 2.42. The summed E-state index contributed by atoms with van der Waals surface area (Å²) in [5.41, 5.74) is 0.866. The largest absolute Gasteiger partial charge is 0.480 e. The minimum atomic E-state index is -1.02. The maximum Gasteiger partial charge on any atom is 0.410 e. The van der Waals surface area contributed by atoms with Gasteiger partial charge in [-0.25, -0.2) is 9.59 Å². The lowest BCUT2D eigenvalue weighted by atomic mass is 10.0. The first-order valence-electron chi connectivity index (χ1n) is 6.58. The molecule has 20 heavy (non-hydrogen) atoms. The zero-order chi connectivity index (χ0) is 15.1. The van der Waals surface area contributed by atoms with E-state index in [1.165, 1.54) is 7.05 Å². The monoisotopic (exact) mass is 279 g/mol. The number of carboxylic acids is 1. The first-order chi connectivity index (χ1) is 9.41. The summed E-state index contributed by atoms with van der Waals surface area (Å²) in [6, 6.07) is 8.41. The van der Waals surface area contributed by atoms with E-state index < -0.39 is 18.1 Å². The number of hydrogen-bond donors (Lipinski definition) is 1. The topological polar surface area (TPSA) is 66.8 Å². The van der Waals surface area contributed by atoms with E-state index in [0.717, 1.165) is 10.5 Å². The number of hydrogen-bond acceptors (Lipinski definition) is 3. The zero-order valence-electron chi connectivity index (χ0n) is 12.1. The van der Waals surface area contributed by atoms with Gasteiger partial charge in [0.1, 0.15) is 12.6 Å². The molecule has 1 aromatic carbocycles. The normalized spacial score (nSPS) is 12.0. The first-order valence-corrected chi connectivity index (χ1v) is 6.58. The third kappa shape index (κ3) is 4.91. The number of amides is 1. The van der Waals surface area contributed by atoms with Crippen LogP contribution in [0.2, 0.25) is 0 Å². The summed E-state index contributed by atoms with van der Waals surface area (Å²) in [7, 11) is 1.45. The van der Waals surface area contributed by atoms with Crippen LogP contribution >= 0.6 is 0 Å². The highest BCUT2D eigenvalue weighted by atomic mass is 16.6. The van der Waals surface area contributed by atoms with Gasteiger partial charge in [-0.3, -0.25) is 4.90 Å². The number of aliphatic carboxylic acids is 1. The van der Waals surface area contributed by atoms with Crippen LogP contribution in [0.1, 0.15) is 25.8 Å². The highest BCUT2D eigenvalue weighted by Crippen LogP contribution is 2.12. The van der Waals surface area contributed by atoms with E-state index in [0.29, 0.717) is 6.42 Å². The van der Waals surface area contributed by atoms with E-state index in [4.69, 9.17) is 4.74 Å². The zero-order valence-corrected chi connectivity index (χ0v) is 12.1. The summed E-state index contributed by atoms with van der Waals surface area (Å²) in [6.45, 7) is 3.97. The van der Waals surface area contributed by atoms with Gasteiger partial charge < -0.3 is 9.84 Å². The average molecular weight is 279 g/mol. The van der Waals surface area contributed by atoms with Crippen LogP contribution in [0.4, 0.5) is 4.79 Å². The predicted octanol–water partition coefficient (Wildman–Crippen LogP) is 2.75. The van der Waals surface area contributed by atoms with Crippen LogP contribution < -0.4 is 0 Å². The molecule has 0 heterocycles. The molecule has 0 aliphatic rings. The van der Waals surface area contributed by atoms with E-state index >= 15 is 0 Å². The summed E-state index contributed by atoms with van der Waals surface area (Å²) >= 11 is 0. The molecule has 110 valence electrons. The summed E-state index contributed by atoms with van der Waals surface area (Å²) in [4.78, 5) is 24.2. The van der Waals surface area contributed by atoms with Crippen molar-refractivity contribution in [3.05, 3.63) is 35.9 Å². The molecule has 0 radical (unpaired) electrons. The van der Waals surface area contributed by atoms with Crippen molar-refractivity contribution < 1.29 is 19.4 Å². The van der Waals surface area contributed by atoms with Gasteiger partial charge in [-0.1, -0.05) is 44.2 Å². The Bertz CT molecular complexity index is 444. The molecular formula is C15H21NO4. The number of nitrogens with zero attached hydrogens (tertiary/aromatic N) is 1. The summed E-state index contributed by atoms with van der Waals surface area (Å²) in [5.74, 6) is -0.835. The van der Waals surface area contributed by atoms with Crippen LogP contribution in [0.25, 0.3) is 0 Å². The van der Waals surface area contributed by atoms with Crippen LogP contribution in [-0.4, -0.2) is 35.2 Å². The van der Waals surface area contributed by atoms with Gasteiger partial charge in [-0.05, 0) is 17.9 Å². The van der Waals surface area contributed by atoms with Crippen molar-refractivity contribution in [1.29, 1.82) is 0 Å². The van der Waals surface area contributed by atoms with Crippen molar-refractivity contribution in [3.63, 3.8) is 0 Å². The molecule has 0 saturated heterocycles. The smallest absolute Gasteiger partial charge is 0.410 e. The Kier molecular flexibility index (Phi) is 6.03. The predicted molar refractivity (Wildman–Crippen MR) is 75.3 cm³/mol. The van der Waals surface area contributed by atoms with Gasteiger partial charge in [0.05, 0.1) is 0 Å². The minimum Gasteiger partial charge on any atom is -0.480 e. The molecule has 1 N–H and O–H groups in total. The lowest BCUT2D eigenvalue weighted by molar-refractivity contribution is -0.142. The van der Waals surface area contributed by atoms with E-state index in [-0.39, 0.29) is 12.5 Å². The highest BCUT2D eigenvalue weighted by molar-refractivity contribution is 5.79. The Hall–Kier alpha value is -2.04. The van der Waals surface area contributed by atoms with Gasteiger partial charge in [-0.2, -0.15) is 0 Å². The maximum absolute atomic E-state index is 11.9. The summed E-state index contributed by atoms with van der Waals surface area (Å²) in [5, 5.41) is 9.18. The molecular weight excluding hydrogens is 258 g/mol. The lowest BCUT2D eigenvalue weighted by Crippen LogP contribution is -2.43. The molecule has 0 aliphatic heterocycles. The Balaban J connectivity index is 2.58. The molecule has 1 rings (SSSR count). The Labute approximate surface area is 119 Å². The quantitative estimate of drug-likeness (QED) is 0.869. The van der Waals surface area contributed by atoms with Gasteiger partial charge in [0.2, 0.25) is 0 Å². The number of likely N-dealkylation sites (N-methyl/N-ethyl adjacent to an activating group) is 1. The maximum atomic E-state index is 11.9. The SMILES string of the molecule is CC(C)CC(C(=O)O)N(C)C(=O)OCc1ccccc1. The Morgan fingerprint density at radius 1 is 1.25 bits per heavy atom. The minimum absolute atomic E-state index is 0.137. The first kappa shape index (κ1) is 16.0. The molecule has 0 spiro atoms. The fraction of sp³-hybridized carbons (Fsp3) is 0.467. The number of carboxylic acid groups (broad SMARTS) is 1. The molecule has 1 aromatic rings. The lowest BCUT2D eigenvalue weighted by Gasteiger charge is -2.25. The van der Waals surface area contributed by atoms with Gasteiger partial charge in [0.15, 0.2) is 0 Å². The molecule has 1 unspecified atom stereocenters. The van der Waals surface area contributed by atoms with E-state index in [9.17, 15) is 14.7 Å². The molecule has 1 amide bonds. The molecule has 5 nitrogen and oxygen atoms in total. The fourth-order valence-electron chi connectivity index (χ4n) is 1.82.